The predicted molar refractivity (Wildman–Crippen MR) is 126 cm³/mol. The number of aromatic nitrogens is 4. The van der Waals surface area contributed by atoms with Crippen LogP contribution in [0.5, 0.6) is 0 Å². The summed E-state index contributed by atoms with van der Waals surface area (Å²) >= 11 is 6.70. The van der Waals surface area contributed by atoms with Gasteiger partial charge in [-0.2, -0.15) is 9.36 Å². The number of carbonyl (C=O) groups is 1. The number of aliphatic hydroxyl groups is 1. The van der Waals surface area contributed by atoms with E-state index in [1.165, 1.54) is 4.57 Å². The lowest BCUT2D eigenvalue weighted by Crippen LogP contribution is -2.57. The number of fused-ring (bicyclic) bond motifs is 1. The van der Waals surface area contributed by atoms with Gasteiger partial charge in [0.05, 0.1) is 11.5 Å². The molecule has 2 unspecified atom stereocenters. The molecule has 14 heteroatoms. The Morgan fingerprint density at radius 3 is 2.83 bits per heavy atom. The molecule has 5 heterocycles. The van der Waals surface area contributed by atoms with E-state index in [2.05, 4.69) is 19.7 Å². The largest absolute Gasteiger partial charge is 0.477 e. The normalized spacial score (nSPS) is 19.6. The Morgan fingerprint density at radius 1 is 1.37 bits per heavy atom. The second kappa shape index (κ2) is 9.74. The second-order valence-corrected chi connectivity index (χ2v) is 9.63. The molecular weight excluding hydrogens is 503 g/mol. The van der Waals surface area contributed by atoms with E-state index in [0.29, 0.717) is 19.6 Å². The van der Waals surface area contributed by atoms with Gasteiger partial charge in [0.2, 0.25) is 15.8 Å². The Balaban J connectivity index is 1.39. The molecule has 0 aromatic carbocycles. The van der Waals surface area contributed by atoms with E-state index >= 15 is 4.39 Å². The molecule has 0 bridgehead atoms. The molecule has 3 aromatic heterocycles. The van der Waals surface area contributed by atoms with E-state index < -0.39 is 29.0 Å². The number of carboxylic acids is 1. The number of pyridine rings is 2. The number of aromatic carboxylic acids is 1. The van der Waals surface area contributed by atoms with Crippen molar-refractivity contribution in [3.05, 3.63) is 39.2 Å². The van der Waals surface area contributed by atoms with Crippen LogP contribution < -0.4 is 15.6 Å². The molecule has 5 rings (SSSR count). The highest BCUT2D eigenvalue weighted by atomic mass is 35.5. The Labute approximate surface area is 207 Å². The summed E-state index contributed by atoms with van der Waals surface area (Å²) in [4.78, 5) is 34.3. The fourth-order valence-electron chi connectivity index (χ4n) is 4.30. The van der Waals surface area contributed by atoms with Gasteiger partial charge in [-0.3, -0.25) is 14.7 Å². The first-order valence-corrected chi connectivity index (χ1v) is 12.2. The molecular formula is C21H22ClFN6O5S. The van der Waals surface area contributed by atoms with Crippen LogP contribution >= 0.6 is 23.1 Å². The van der Waals surface area contributed by atoms with Crippen molar-refractivity contribution in [1.29, 1.82) is 0 Å². The highest BCUT2D eigenvalue weighted by molar-refractivity contribution is 7.08. The maximum absolute atomic E-state index is 15.0. The highest BCUT2D eigenvalue weighted by Gasteiger charge is 2.35. The van der Waals surface area contributed by atoms with Crippen molar-refractivity contribution >= 4 is 46.0 Å². The van der Waals surface area contributed by atoms with E-state index in [9.17, 15) is 19.8 Å². The zero-order valence-electron chi connectivity index (χ0n) is 18.4. The standard InChI is InChI=1S/C21H22ClFN6O5S/c22-20-26-21(35-27-20)29-9-13(19(32)33)15(30)12-5-14(23)17(25-16(12)29)28-7-10(8-28)18(31)24-6-11-3-1-2-4-34-11/h5,9-11,18,24,31H,1-4,6-8H2,(H,32,33). The van der Waals surface area contributed by atoms with Gasteiger partial charge in [-0.25, -0.2) is 14.2 Å². The third-order valence-electron chi connectivity index (χ3n) is 6.22. The molecule has 3 N–H and O–H groups in total. The van der Waals surface area contributed by atoms with E-state index in [1.807, 2.05) is 0 Å². The Morgan fingerprint density at radius 2 is 2.17 bits per heavy atom. The summed E-state index contributed by atoms with van der Waals surface area (Å²) in [5, 5.41) is 22.9. The molecule has 0 amide bonds. The molecule has 0 radical (unpaired) electrons. The minimum Gasteiger partial charge on any atom is -0.477 e. The number of ether oxygens (including phenoxy) is 1. The molecule has 0 aliphatic carbocycles. The smallest absolute Gasteiger partial charge is 0.341 e. The average Bonchev–Trinajstić information content (AvgIpc) is 3.24. The molecule has 0 saturated carbocycles. The van der Waals surface area contributed by atoms with Gasteiger partial charge < -0.3 is 19.8 Å². The number of nitrogens with zero attached hydrogens (tertiary/aromatic N) is 5. The van der Waals surface area contributed by atoms with Crippen LogP contribution in [-0.2, 0) is 4.74 Å². The van der Waals surface area contributed by atoms with Gasteiger partial charge in [0.1, 0.15) is 11.8 Å². The van der Waals surface area contributed by atoms with Crippen LogP contribution in [0.2, 0.25) is 5.28 Å². The maximum atomic E-state index is 15.0. The van der Waals surface area contributed by atoms with Crippen LogP contribution in [0, 0.1) is 11.7 Å². The van der Waals surface area contributed by atoms with Gasteiger partial charge in [0.15, 0.2) is 17.3 Å². The number of anilines is 1. The fraction of sp³-hybridized carbons (Fsp3) is 0.476. The van der Waals surface area contributed by atoms with E-state index in [1.54, 1.807) is 4.90 Å². The Kier molecular flexibility index (Phi) is 6.68. The van der Waals surface area contributed by atoms with Crippen molar-refractivity contribution in [2.24, 2.45) is 5.92 Å². The number of carboxylic acid groups (broad SMARTS) is 1. The first-order chi connectivity index (χ1) is 16.8. The zero-order valence-corrected chi connectivity index (χ0v) is 19.9. The number of aliphatic hydroxyl groups excluding tert-OH is 1. The van der Waals surface area contributed by atoms with Crippen molar-refractivity contribution in [3.8, 4) is 5.13 Å². The van der Waals surface area contributed by atoms with Crippen LogP contribution in [0.3, 0.4) is 0 Å². The summed E-state index contributed by atoms with van der Waals surface area (Å²) < 4.78 is 25.8. The number of nitrogens with one attached hydrogen (secondary N) is 1. The lowest BCUT2D eigenvalue weighted by molar-refractivity contribution is -0.00546. The summed E-state index contributed by atoms with van der Waals surface area (Å²) in [6, 6.07) is 0.980. The first-order valence-electron chi connectivity index (χ1n) is 11.1. The number of hydrogen-bond acceptors (Lipinski definition) is 10. The molecule has 0 spiro atoms. The van der Waals surface area contributed by atoms with E-state index in [4.69, 9.17) is 16.3 Å². The van der Waals surface area contributed by atoms with Gasteiger partial charge in [-0.05, 0) is 36.9 Å². The molecule has 186 valence electrons. The number of rotatable bonds is 7. The molecule has 2 aliphatic heterocycles. The summed E-state index contributed by atoms with van der Waals surface area (Å²) in [6.45, 7) is 1.96. The minimum absolute atomic E-state index is 0.0107. The lowest BCUT2D eigenvalue weighted by Gasteiger charge is -2.43. The minimum atomic E-state index is -1.46. The Bertz CT molecular complexity index is 1320. The lowest BCUT2D eigenvalue weighted by atomic mass is 9.97. The van der Waals surface area contributed by atoms with Crippen LogP contribution in [0.4, 0.5) is 10.2 Å². The molecule has 2 fully saturated rings. The maximum Gasteiger partial charge on any atom is 0.341 e. The molecule has 11 nitrogen and oxygen atoms in total. The highest BCUT2D eigenvalue weighted by Crippen LogP contribution is 2.30. The van der Waals surface area contributed by atoms with Crippen LogP contribution in [0.1, 0.15) is 29.6 Å². The number of halogens is 2. The van der Waals surface area contributed by atoms with Crippen LogP contribution in [0.25, 0.3) is 16.2 Å². The molecule has 35 heavy (non-hydrogen) atoms. The van der Waals surface area contributed by atoms with Crippen LogP contribution in [0.15, 0.2) is 17.1 Å². The number of hydrogen-bond donors (Lipinski definition) is 3. The van der Waals surface area contributed by atoms with Gasteiger partial charge >= 0.3 is 5.97 Å². The first kappa shape index (κ1) is 24.0. The van der Waals surface area contributed by atoms with Crippen molar-refractivity contribution in [2.75, 3.05) is 31.1 Å². The monoisotopic (exact) mass is 524 g/mol. The molecule has 2 atom stereocenters. The van der Waals surface area contributed by atoms with E-state index in [0.717, 1.165) is 49.7 Å². The van der Waals surface area contributed by atoms with Crippen molar-refractivity contribution < 1.29 is 24.1 Å². The van der Waals surface area contributed by atoms with Crippen LogP contribution in [-0.4, -0.2) is 73.7 Å². The van der Waals surface area contributed by atoms with E-state index in [-0.39, 0.29) is 39.3 Å². The topological polar surface area (TPSA) is 143 Å². The SMILES string of the molecule is O=C(O)c1cn(-c2nc(Cl)ns2)c2nc(N3CC(C(O)NCC4CCCCO4)C3)c(F)cc2c1=O. The van der Waals surface area contributed by atoms with Crippen molar-refractivity contribution in [3.63, 3.8) is 0 Å². The summed E-state index contributed by atoms with van der Waals surface area (Å²) in [7, 11) is 0. The molecule has 2 aliphatic rings. The molecule has 3 aromatic rings. The van der Waals surface area contributed by atoms with Gasteiger partial charge in [-0.15, -0.1) is 0 Å². The van der Waals surface area contributed by atoms with Gasteiger partial charge in [-0.1, -0.05) is 0 Å². The third kappa shape index (κ3) is 4.74. The predicted octanol–water partition coefficient (Wildman–Crippen LogP) is 1.64. The fourth-order valence-corrected chi connectivity index (χ4v) is 5.09. The third-order valence-corrected chi connectivity index (χ3v) is 7.21. The summed E-state index contributed by atoms with van der Waals surface area (Å²) in [5.74, 6) is -2.38. The quantitative estimate of drug-likeness (QED) is 0.390. The zero-order chi connectivity index (χ0) is 24.7. The van der Waals surface area contributed by atoms with Gasteiger partial charge in [0.25, 0.3) is 0 Å². The second-order valence-electron chi connectivity index (χ2n) is 8.56. The molecule has 2 saturated heterocycles. The van der Waals surface area contributed by atoms with Crippen molar-refractivity contribution in [2.45, 2.75) is 31.6 Å². The Hall–Kier alpha value is -2.71. The summed E-state index contributed by atoms with van der Waals surface area (Å²) in [6.07, 6.45) is 3.50. The van der Waals surface area contributed by atoms with Crippen molar-refractivity contribution in [1.82, 2.24) is 24.2 Å². The average molecular weight is 525 g/mol. The van der Waals surface area contributed by atoms with Gasteiger partial charge in [0, 0.05) is 49.9 Å². The summed E-state index contributed by atoms with van der Waals surface area (Å²) in [5.41, 5.74) is -1.39.